The van der Waals surface area contributed by atoms with Crippen LogP contribution in [0.15, 0.2) is 23.3 Å². The number of aliphatic carboxylic acids is 1. The van der Waals surface area contributed by atoms with Crippen molar-refractivity contribution in [3.8, 4) is 0 Å². The molecule has 0 aromatic carbocycles. The summed E-state index contributed by atoms with van der Waals surface area (Å²) in [5.41, 5.74) is 2.52. The van der Waals surface area contributed by atoms with Gasteiger partial charge in [0.15, 0.2) is 24.8 Å². The molecule has 4 aliphatic carbocycles. The molecule has 2 fully saturated rings. The summed E-state index contributed by atoms with van der Waals surface area (Å²) >= 11 is 0. The first kappa shape index (κ1) is 21.8. The number of carboxylic acids is 1. The van der Waals surface area contributed by atoms with Gasteiger partial charge < -0.3 is 14.6 Å². The summed E-state index contributed by atoms with van der Waals surface area (Å²) in [4.78, 5) is 46.8. The van der Waals surface area contributed by atoms with Gasteiger partial charge in [0.1, 0.15) is 0 Å². The molecule has 31 heavy (non-hydrogen) atoms. The molecule has 0 aromatic heterocycles. The van der Waals surface area contributed by atoms with Gasteiger partial charge in [-0.3, -0.25) is 9.59 Å². The maximum atomic E-state index is 12.9. The normalized spacial score (nSPS) is 36.3. The second-order valence-corrected chi connectivity index (χ2v) is 9.91. The van der Waals surface area contributed by atoms with E-state index in [-0.39, 0.29) is 34.9 Å². The number of carbonyl (C=O) groups is 4. The van der Waals surface area contributed by atoms with Crippen LogP contribution in [0.25, 0.3) is 0 Å². The van der Waals surface area contributed by atoms with Gasteiger partial charge >= 0.3 is 12.1 Å². The number of ketones is 2. The van der Waals surface area contributed by atoms with E-state index in [1.807, 2.05) is 6.08 Å². The van der Waals surface area contributed by atoms with Gasteiger partial charge in [0.05, 0.1) is 0 Å². The molecule has 5 unspecified atom stereocenters. The third kappa shape index (κ3) is 3.72. The van der Waals surface area contributed by atoms with Crippen molar-refractivity contribution < 1.29 is 33.8 Å². The average Bonchev–Trinajstić information content (AvgIpc) is 3.08. The zero-order valence-corrected chi connectivity index (χ0v) is 18.1. The second-order valence-electron chi connectivity index (χ2n) is 9.91. The molecule has 0 aromatic rings. The number of carboxylic acid groups (broad SMARTS) is 1. The largest absolute Gasteiger partial charge is 0.509 e. The molecule has 168 valence electrons. The lowest BCUT2D eigenvalue weighted by Crippen LogP contribution is -2.45. The smallest absolute Gasteiger partial charge is 0.479 e. The van der Waals surface area contributed by atoms with Gasteiger partial charge in [0.25, 0.3) is 0 Å². The molecule has 1 N–H and O–H groups in total. The van der Waals surface area contributed by atoms with E-state index in [1.54, 1.807) is 0 Å². The van der Waals surface area contributed by atoms with E-state index in [4.69, 9.17) is 9.84 Å². The quantitative estimate of drug-likeness (QED) is 0.521. The fourth-order valence-corrected chi connectivity index (χ4v) is 6.78. The molecule has 0 aliphatic heterocycles. The van der Waals surface area contributed by atoms with E-state index in [2.05, 4.69) is 24.7 Å². The van der Waals surface area contributed by atoms with Gasteiger partial charge in [-0.1, -0.05) is 31.1 Å². The fraction of sp³-hybridized carbons (Fsp3) is 0.667. The first-order valence-corrected chi connectivity index (χ1v) is 11.1. The SMILES string of the molecule is CC12CCC(=O)C=C1CCC1C2=CCC2(C)C(C(=O)COC(=O)OCC(=O)O)CCC12. The van der Waals surface area contributed by atoms with E-state index in [0.29, 0.717) is 18.3 Å². The fourth-order valence-electron chi connectivity index (χ4n) is 6.78. The maximum absolute atomic E-state index is 12.9. The minimum absolute atomic E-state index is 0.0305. The molecule has 0 saturated heterocycles. The van der Waals surface area contributed by atoms with Crippen molar-refractivity contribution in [2.75, 3.05) is 13.2 Å². The Hall–Kier alpha value is -2.44. The highest BCUT2D eigenvalue weighted by molar-refractivity contribution is 5.92. The van der Waals surface area contributed by atoms with Gasteiger partial charge in [-0.15, -0.1) is 0 Å². The van der Waals surface area contributed by atoms with Gasteiger partial charge in [-0.05, 0) is 61.9 Å². The molecule has 7 heteroatoms. The number of hydrogen-bond donors (Lipinski definition) is 1. The third-order valence-electron chi connectivity index (χ3n) is 8.37. The molecule has 4 aliphatic rings. The molecule has 0 bridgehead atoms. The molecular weight excluding hydrogens is 400 g/mol. The first-order chi connectivity index (χ1) is 14.6. The van der Waals surface area contributed by atoms with Crippen molar-refractivity contribution in [2.24, 2.45) is 28.6 Å². The Morgan fingerprint density at radius 2 is 1.84 bits per heavy atom. The summed E-state index contributed by atoms with van der Waals surface area (Å²) in [5, 5.41) is 8.55. The minimum atomic E-state index is -1.28. The van der Waals surface area contributed by atoms with Crippen molar-refractivity contribution in [1.29, 1.82) is 0 Å². The van der Waals surface area contributed by atoms with E-state index >= 15 is 0 Å². The number of hydrogen-bond acceptors (Lipinski definition) is 6. The maximum Gasteiger partial charge on any atom is 0.509 e. The monoisotopic (exact) mass is 430 g/mol. The van der Waals surface area contributed by atoms with Crippen molar-refractivity contribution in [3.63, 3.8) is 0 Å². The van der Waals surface area contributed by atoms with Crippen LogP contribution in [0, 0.1) is 28.6 Å². The number of Topliss-reactive ketones (excluding diaryl/α,β-unsaturated/α-hetero) is 1. The van der Waals surface area contributed by atoms with Crippen LogP contribution in [0.2, 0.25) is 0 Å². The zero-order valence-electron chi connectivity index (χ0n) is 18.1. The van der Waals surface area contributed by atoms with Crippen molar-refractivity contribution in [3.05, 3.63) is 23.3 Å². The topological polar surface area (TPSA) is 107 Å². The summed E-state index contributed by atoms with van der Waals surface area (Å²) < 4.78 is 9.30. The molecular formula is C24H30O7. The number of ether oxygens (including phenoxy) is 2. The van der Waals surface area contributed by atoms with Crippen molar-refractivity contribution >= 4 is 23.7 Å². The lowest BCUT2D eigenvalue weighted by atomic mass is 9.51. The molecule has 2 saturated carbocycles. The standard InChI is InChI=1S/C24H30O7/c1-23-9-7-15(25)11-14(23)3-4-16-17-5-6-19(24(17,2)10-8-18(16)23)20(26)12-30-22(29)31-13-21(27)28/h8,11,16-17,19H,3-7,9-10,12-13H2,1-2H3,(H,27,28). The molecule has 4 rings (SSSR count). The summed E-state index contributed by atoms with van der Waals surface area (Å²) in [7, 11) is 0. The summed E-state index contributed by atoms with van der Waals surface area (Å²) in [6, 6.07) is 0. The Balaban J connectivity index is 1.47. The highest BCUT2D eigenvalue weighted by Gasteiger charge is 2.57. The van der Waals surface area contributed by atoms with Gasteiger partial charge in [-0.25, -0.2) is 9.59 Å². The highest BCUT2D eigenvalue weighted by atomic mass is 16.7. The molecule has 0 spiro atoms. The molecule has 0 heterocycles. The molecule has 5 atom stereocenters. The van der Waals surface area contributed by atoms with Crippen LogP contribution in [-0.2, 0) is 23.9 Å². The molecule has 0 amide bonds. The van der Waals surface area contributed by atoms with Crippen LogP contribution in [-0.4, -0.2) is 42.0 Å². The van der Waals surface area contributed by atoms with Crippen LogP contribution in [0.3, 0.4) is 0 Å². The summed E-state index contributed by atoms with van der Waals surface area (Å²) in [6.45, 7) is 3.28. The van der Waals surface area contributed by atoms with Crippen LogP contribution in [0.5, 0.6) is 0 Å². The van der Waals surface area contributed by atoms with E-state index in [0.717, 1.165) is 38.5 Å². The second kappa shape index (κ2) is 7.92. The van der Waals surface area contributed by atoms with E-state index in [9.17, 15) is 19.2 Å². The third-order valence-corrected chi connectivity index (χ3v) is 8.37. The average molecular weight is 430 g/mol. The predicted octanol–water partition coefficient (Wildman–Crippen LogP) is 3.86. The number of allylic oxidation sites excluding steroid dienone is 4. The molecule has 0 radical (unpaired) electrons. The summed E-state index contributed by atoms with van der Waals surface area (Å²) in [6.07, 6.45) is 9.03. The Kier molecular flexibility index (Phi) is 5.56. The van der Waals surface area contributed by atoms with Crippen molar-refractivity contribution in [2.45, 2.75) is 58.8 Å². The lowest BCUT2D eigenvalue weighted by Gasteiger charge is -2.53. The Morgan fingerprint density at radius 3 is 2.58 bits per heavy atom. The van der Waals surface area contributed by atoms with Crippen LogP contribution in [0.1, 0.15) is 58.8 Å². The highest BCUT2D eigenvalue weighted by Crippen LogP contribution is 2.64. The first-order valence-electron chi connectivity index (χ1n) is 11.1. The van der Waals surface area contributed by atoms with Gasteiger partial charge in [0, 0.05) is 17.8 Å². The van der Waals surface area contributed by atoms with Gasteiger partial charge in [-0.2, -0.15) is 0 Å². The Morgan fingerprint density at radius 1 is 1.10 bits per heavy atom. The Labute approximate surface area is 181 Å². The van der Waals surface area contributed by atoms with Crippen LogP contribution >= 0.6 is 0 Å². The number of rotatable bonds is 5. The van der Waals surface area contributed by atoms with Crippen molar-refractivity contribution in [1.82, 2.24) is 0 Å². The van der Waals surface area contributed by atoms with E-state index < -0.39 is 18.7 Å². The lowest BCUT2D eigenvalue weighted by molar-refractivity contribution is -0.141. The van der Waals surface area contributed by atoms with Crippen LogP contribution < -0.4 is 0 Å². The number of fused-ring (bicyclic) bond motifs is 5. The Bertz CT molecular complexity index is 884. The molecule has 7 nitrogen and oxygen atoms in total. The predicted molar refractivity (Wildman–Crippen MR) is 110 cm³/mol. The van der Waals surface area contributed by atoms with E-state index in [1.165, 1.54) is 11.1 Å². The van der Waals surface area contributed by atoms with Crippen LogP contribution in [0.4, 0.5) is 4.79 Å². The zero-order chi connectivity index (χ0) is 22.4. The van der Waals surface area contributed by atoms with Gasteiger partial charge in [0.2, 0.25) is 0 Å². The summed E-state index contributed by atoms with van der Waals surface area (Å²) in [5.74, 6) is -0.536. The minimum Gasteiger partial charge on any atom is -0.479 e. The number of carbonyl (C=O) groups excluding carboxylic acids is 3.